The highest BCUT2D eigenvalue weighted by atomic mass is 35.5. The summed E-state index contributed by atoms with van der Waals surface area (Å²) in [7, 11) is 1.53. The summed E-state index contributed by atoms with van der Waals surface area (Å²) in [5.41, 5.74) is 4.35. The summed E-state index contributed by atoms with van der Waals surface area (Å²) in [6, 6.07) is 7.09. The number of carbonyl (C=O) groups is 3. The first-order valence-electron chi connectivity index (χ1n) is 9.97. The number of amides is 3. The van der Waals surface area contributed by atoms with Gasteiger partial charge in [0.25, 0.3) is 5.91 Å². The molecule has 0 radical (unpaired) electrons. The van der Waals surface area contributed by atoms with Crippen LogP contribution in [0.15, 0.2) is 24.3 Å². The maximum Gasteiger partial charge on any atom is 0.262 e. The van der Waals surface area contributed by atoms with Crippen molar-refractivity contribution in [2.75, 3.05) is 7.05 Å². The molecule has 2 aromatic rings. The smallest absolute Gasteiger partial charge is 0.262 e. The highest BCUT2D eigenvalue weighted by Crippen LogP contribution is 2.33. The Labute approximate surface area is 179 Å². The number of fused-ring (bicyclic) bond motifs is 3. The Morgan fingerprint density at radius 3 is 2.63 bits per heavy atom. The number of likely N-dealkylation sites (N-methyl/N-ethyl adjacent to an activating group) is 1. The first kappa shape index (κ1) is 22.1. The lowest BCUT2D eigenvalue weighted by Gasteiger charge is -2.37. The lowest BCUT2D eigenvalue weighted by molar-refractivity contribution is -0.147. The Balaban J connectivity index is 2.00. The average molecular weight is 435 g/mol. The van der Waals surface area contributed by atoms with Crippen molar-refractivity contribution in [1.29, 1.82) is 0 Å². The largest absolute Gasteiger partial charge is 0.357 e. The van der Waals surface area contributed by atoms with Gasteiger partial charge in [-0.05, 0) is 24.0 Å². The molecule has 3 atom stereocenters. The van der Waals surface area contributed by atoms with Gasteiger partial charge in [0, 0.05) is 30.1 Å². The van der Waals surface area contributed by atoms with Gasteiger partial charge in [0.2, 0.25) is 11.8 Å². The molecule has 0 spiro atoms. The monoisotopic (exact) mass is 434 g/mol. The van der Waals surface area contributed by atoms with Crippen molar-refractivity contribution >= 4 is 40.2 Å². The van der Waals surface area contributed by atoms with Crippen molar-refractivity contribution in [1.82, 2.24) is 20.7 Å². The van der Waals surface area contributed by atoms with E-state index in [-0.39, 0.29) is 24.3 Å². The van der Waals surface area contributed by atoms with Crippen molar-refractivity contribution in [3.05, 3.63) is 35.5 Å². The van der Waals surface area contributed by atoms with Crippen molar-refractivity contribution in [2.45, 2.75) is 44.7 Å². The number of aromatic amines is 1. The van der Waals surface area contributed by atoms with E-state index in [1.165, 1.54) is 17.4 Å². The standard InChI is InChI=1S/C21H27ClN4O4/c1-11(2)8-14(18(22)20(28)25-30)21(29)26-10-16-13(9-17(26)19(27)23-3)12-6-4-5-7-15(12)24-16/h4-7,11,14,17-18,24,30H,8-10H2,1-3H3,(H,23,27)(H,25,28)/t14-,17?,18-/m1/s1. The molecule has 1 aromatic carbocycles. The van der Waals surface area contributed by atoms with E-state index in [1.807, 2.05) is 38.1 Å². The predicted octanol–water partition coefficient (Wildman–Crippen LogP) is 1.94. The summed E-state index contributed by atoms with van der Waals surface area (Å²) in [6.45, 7) is 4.05. The molecule has 0 aliphatic carbocycles. The molecule has 3 rings (SSSR count). The topological polar surface area (TPSA) is 115 Å². The highest BCUT2D eigenvalue weighted by Gasteiger charge is 2.42. The molecule has 1 aliphatic rings. The predicted molar refractivity (Wildman–Crippen MR) is 113 cm³/mol. The molecule has 9 heteroatoms. The Morgan fingerprint density at radius 1 is 1.30 bits per heavy atom. The minimum Gasteiger partial charge on any atom is -0.357 e. The fourth-order valence-corrected chi connectivity index (χ4v) is 4.41. The van der Waals surface area contributed by atoms with Crippen molar-refractivity contribution < 1.29 is 19.6 Å². The van der Waals surface area contributed by atoms with E-state index in [1.54, 1.807) is 0 Å². The van der Waals surface area contributed by atoms with Crippen LogP contribution in [0, 0.1) is 11.8 Å². The fraction of sp³-hybridized carbons (Fsp3) is 0.476. The minimum absolute atomic E-state index is 0.0820. The number of halogens is 1. The third-order valence-electron chi connectivity index (χ3n) is 5.59. The summed E-state index contributed by atoms with van der Waals surface area (Å²) in [6.07, 6.45) is 0.704. The van der Waals surface area contributed by atoms with Crippen LogP contribution in [0.4, 0.5) is 0 Å². The lowest BCUT2D eigenvalue weighted by atomic mass is 9.89. The van der Waals surface area contributed by atoms with Gasteiger partial charge in [-0.3, -0.25) is 19.6 Å². The number of benzene rings is 1. The molecule has 162 valence electrons. The lowest BCUT2D eigenvalue weighted by Crippen LogP contribution is -2.55. The number of carbonyl (C=O) groups excluding carboxylic acids is 3. The Morgan fingerprint density at radius 2 is 2.00 bits per heavy atom. The quantitative estimate of drug-likeness (QED) is 0.316. The number of H-pyrrole nitrogens is 1. The second kappa shape index (κ2) is 9.06. The molecule has 1 aromatic heterocycles. The van der Waals surface area contributed by atoms with Gasteiger partial charge in [-0.25, -0.2) is 5.48 Å². The average Bonchev–Trinajstić information content (AvgIpc) is 3.11. The zero-order chi connectivity index (χ0) is 22.0. The Bertz CT molecular complexity index is 958. The van der Waals surface area contributed by atoms with Crippen LogP contribution in [-0.2, 0) is 27.3 Å². The molecule has 4 N–H and O–H groups in total. The molecule has 30 heavy (non-hydrogen) atoms. The van der Waals surface area contributed by atoms with E-state index < -0.39 is 23.2 Å². The molecule has 1 unspecified atom stereocenters. The number of nitrogens with zero attached hydrogens (tertiary/aromatic N) is 1. The summed E-state index contributed by atoms with van der Waals surface area (Å²) < 4.78 is 0. The van der Waals surface area contributed by atoms with Gasteiger partial charge in [0.15, 0.2) is 0 Å². The van der Waals surface area contributed by atoms with Gasteiger partial charge in [0.1, 0.15) is 11.4 Å². The maximum absolute atomic E-state index is 13.5. The van der Waals surface area contributed by atoms with Gasteiger partial charge in [-0.1, -0.05) is 32.0 Å². The number of aromatic nitrogens is 1. The van der Waals surface area contributed by atoms with Gasteiger partial charge in [0.05, 0.1) is 12.5 Å². The van der Waals surface area contributed by atoms with Crippen LogP contribution < -0.4 is 10.8 Å². The summed E-state index contributed by atoms with van der Waals surface area (Å²) in [4.78, 5) is 43.0. The minimum atomic E-state index is -1.25. The fourth-order valence-electron chi connectivity index (χ4n) is 4.15. The summed E-state index contributed by atoms with van der Waals surface area (Å²) in [5, 5.41) is 11.4. The van der Waals surface area contributed by atoms with E-state index in [2.05, 4.69) is 10.3 Å². The van der Waals surface area contributed by atoms with Crippen LogP contribution in [-0.4, -0.2) is 51.3 Å². The molecule has 0 fully saturated rings. The van der Waals surface area contributed by atoms with Gasteiger partial charge in [-0.2, -0.15) is 0 Å². The number of para-hydroxylation sites is 1. The van der Waals surface area contributed by atoms with Gasteiger partial charge >= 0.3 is 0 Å². The van der Waals surface area contributed by atoms with Crippen LogP contribution in [0.1, 0.15) is 31.5 Å². The van der Waals surface area contributed by atoms with E-state index in [0.717, 1.165) is 22.2 Å². The number of hydrogen-bond acceptors (Lipinski definition) is 4. The second-order valence-electron chi connectivity index (χ2n) is 8.04. The molecule has 3 amide bonds. The summed E-state index contributed by atoms with van der Waals surface area (Å²) >= 11 is 6.25. The SMILES string of the molecule is CNC(=O)C1Cc2c([nH]c3ccccc23)CN1C(=O)[C@H](CC(C)C)[C@@H](Cl)C(=O)NO. The van der Waals surface area contributed by atoms with Crippen LogP contribution in [0.5, 0.6) is 0 Å². The Kier molecular flexibility index (Phi) is 6.67. The van der Waals surface area contributed by atoms with Crippen LogP contribution >= 0.6 is 11.6 Å². The molecule has 1 aliphatic heterocycles. The van der Waals surface area contributed by atoms with Crippen molar-refractivity contribution in [3.63, 3.8) is 0 Å². The summed E-state index contributed by atoms with van der Waals surface area (Å²) in [5.74, 6) is -2.29. The molecule has 0 saturated carbocycles. The van der Waals surface area contributed by atoms with Crippen LogP contribution in [0.2, 0.25) is 0 Å². The van der Waals surface area contributed by atoms with Gasteiger partial charge < -0.3 is 15.2 Å². The van der Waals surface area contributed by atoms with E-state index >= 15 is 0 Å². The zero-order valence-corrected chi connectivity index (χ0v) is 18.0. The van der Waals surface area contributed by atoms with Crippen molar-refractivity contribution in [3.8, 4) is 0 Å². The maximum atomic E-state index is 13.5. The number of rotatable bonds is 6. The first-order chi connectivity index (χ1) is 14.3. The molecule has 0 bridgehead atoms. The van der Waals surface area contributed by atoms with Gasteiger partial charge in [-0.15, -0.1) is 11.6 Å². The van der Waals surface area contributed by atoms with E-state index in [4.69, 9.17) is 16.8 Å². The highest BCUT2D eigenvalue weighted by molar-refractivity contribution is 6.32. The van der Waals surface area contributed by atoms with E-state index in [0.29, 0.717) is 12.8 Å². The third kappa shape index (κ3) is 4.15. The van der Waals surface area contributed by atoms with Crippen LogP contribution in [0.3, 0.4) is 0 Å². The second-order valence-corrected chi connectivity index (χ2v) is 8.51. The normalized spacial score (nSPS) is 18.1. The number of hydrogen-bond donors (Lipinski definition) is 4. The molecule has 0 saturated heterocycles. The molecule has 8 nitrogen and oxygen atoms in total. The number of nitrogens with one attached hydrogen (secondary N) is 3. The zero-order valence-electron chi connectivity index (χ0n) is 17.2. The molecular formula is C21H27ClN4O4. The third-order valence-corrected chi connectivity index (χ3v) is 6.10. The Hall–Kier alpha value is -2.58. The number of alkyl halides is 1. The first-order valence-corrected chi connectivity index (χ1v) is 10.4. The van der Waals surface area contributed by atoms with Crippen molar-refractivity contribution in [2.24, 2.45) is 11.8 Å². The molecule has 2 heterocycles. The molecular weight excluding hydrogens is 408 g/mol. The van der Waals surface area contributed by atoms with Crippen LogP contribution in [0.25, 0.3) is 10.9 Å². The number of hydroxylamine groups is 1. The van der Waals surface area contributed by atoms with E-state index in [9.17, 15) is 14.4 Å².